The Morgan fingerprint density at radius 2 is 1.16 bits per heavy atom. The number of ether oxygens (including phenoxy) is 2. The van der Waals surface area contributed by atoms with E-state index < -0.39 is 5.54 Å². The third-order valence-corrected chi connectivity index (χ3v) is 8.13. The normalized spacial score (nSPS) is 11.7. The summed E-state index contributed by atoms with van der Waals surface area (Å²) in [6.45, 7) is 7.79. The van der Waals surface area contributed by atoms with Crippen LogP contribution in [0, 0.1) is 5.41 Å². The standard InChI is InChI=1S/C41H40N2O2/c1-40(2,3)26-27-44-39-25-24-36(45-30-32-16-8-4-9-17-32)28-37(39)38-29-43(31-42-38)41(33-18-10-5-11-19-33,34-20-12-6-13-21-34)35-22-14-7-15-23-35/h4-25,28-29,31H,26-27,30H2,1-3H3. The molecule has 0 bridgehead atoms. The van der Waals surface area contributed by atoms with Gasteiger partial charge in [-0.2, -0.15) is 0 Å². The van der Waals surface area contributed by atoms with Crippen molar-refractivity contribution < 1.29 is 9.47 Å². The molecule has 6 rings (SSSR count). The number of hydrogen-bond donors (Lipinski definition) is 0. The van der Waals surface area contributed by atoms with E-state index in [-0.39, 0.29) is 5.41 Å². The van der Waals surface area contributed by atoms with Gasteiger partial charge in [0.25, 0.3) is 0 Å². The average Bonchev–Trinajstić information content (AvgIpc) is 3.56. The van der Waals surface area contributed by atoms with Gasteiger partial charge in [0.15, 0.2) is 0 Å². The zero-order chi connectivity index (χ0) is 31.1. The van der Waals surface area contributed by atoms with Gasteiger partial charge in [-0.15, -0.1) is 0 Å². The Balaban J connectivity index is 1.46. The van der Waals surface area contributed by atoms with Crippen LogP contribution in [0.25, 0.3) is 11.3 Å². The first kappa shape index (κ1) is 30.0. The number of hydrogen-bond acceptors (Lipinski definition) is 3. The Bertz CT molecular complexity index is 1690. The largest absolute Gasteiger partial charge is 0.493 e. The van der Waals surface area contributed by atoms with Crippen LogP contribution in [0.5, 0.6) is 11.5 Å². The van der Waals surface area contributed by atoms with Crippen LogP contribution in [0.15, 0.2) is 152 Å². The molecule has 6 aromatic rings. The second-order valence-corrected chi connectivity index (χ2v) is 12.6. The van der Waals surface area contributed by atoms with Gasteiger partial charge in [-0.3, -0.25) is 0 Å². The lowest BCUT2D eigenvalue weighted by Gasteiger charge is -2.37. The number of imidazole rings is 1. The molecule has 1 heterocycles. The first-order valence-corrected chi connectivity index (χ1v) is 15.6. The fourth-order valence-electron chi connectivity index (χ4n) is 5.76. The van der Waals surface area contributed by atoms with Crippen LogP contribution in [-0.2, 0) is 12.1 Å². The van der Waals surface area contributed by atoms with Crippen molar-refractivity contribution in [3.8, 4) is 22.8 Å². The highest BCUT2D eigenvalue weighted by molar-refractivity contribution is 5.69. The molecule has 0 aliphatic carbocycles. The summed E-state index contributed by atoms with van der Waals surface area (Å²) >= 11 is 0. The summed E-state index contributed by atoms with van der Waals surface area (Å²) in [7, 11) is 0. The summed E-state index contributed by atoms with van der Waals surface area (Å²) in [5.74, 6) is 1.56. The molecule has 0 amide bonds. The maximum atomic E-state index is 6.43. The quantitative estimate of drug-likeness (QED) is 0.141. The third-order valence-electron chi connectivity index (χ3n) is 8.13. The molecule has 0 unspecified atom stereocenters. The van der Waals surface area contributed by atoms with Crippen molar-refractivity contribution in [2.75, 3.05) is 6.61 Å². The van der Waals surface area contributed by atoms with Crippen molar-refractivity contribution in [2.45, 2.75) is 39.3 Å². The van der Waals surface area contributed by atoms with E-state index in [4.69, 9.17) is 14.5 Å². The van der Waals surface area contributed by atoms with Crippen LogP contribution < -0.4 is 9.47 Å². The maximum Gasteiger partial charge on any atom is 0.129 e. The molecule has 0 spiro atoms. The smallest absolute Gasteiger partial charge is 0.129 e. The van der Waals surface area contributed by atoms with Gasteiger partial charge in [-0.25, -0.2) is 4.98 Å². The van der Waals surface area contributed by atoms with E-state index in [1.165, 1.54) is 0 Å². The molecule has 0 N–H and O–H groups in total. The van der Waals surface area contributed by atoms with Crippen LogP contribution in [0.4, 0.5) is 0 Å². The molecule has 1 aromatic heterocycles. The molecule has 0 radical (unpaired) electrons. The second kappa shape index (κ2) is 13.3. The monoisotopic (exact) mass is 592 g/mol. The minimum absolute atomic E-state index is 0.168. The molecule has 0 saturated heterocycles. The van der Waals surface area contributed by atoms with Crippen LogP contribution in [-0.4, -0.2) is 16.2 Å². The average molecular weight is 593 g/mol. The zero-order valence-electron chi connectivity index (χ0n) is 26.3. The number of nitrogens with zero attached hydrogens (tertiary/aromatic N) is 2. The highest BCUT2D eigenvalue weighted by Gasteiger charge is 2.38. The summed E-state index contributed by atoms with van der Waals surface area (Å²) in [6.07, 6.45) is 5.02. The van der Waals surface area contributed by atoms with Crippen LogP contribution >= 0.6 is 0 Å². The summed E-state index contributed by atoms with van der Waals surface area (Å²) in [5.41, 5.74) is 5.79. The zero-order valence-corrected chi connectivity index (χ0v) is 26.3. The summed E-state index contributed by atoms with van der Waals surface area (Å²) in [5, 5.41) is 0. The molecule has 0 aliphatic heterocycles. The van der Waals surface area contributed by atoms with Crippen molar-refractivity contribution in [1.82, 2.24) is 9.55 Å². The first-order valence-electron chi connectivity index (χ1n) is 15.6. The Kier molecular flexibility index (Phi) is 8.84. The minimum Gasteiger partial charge on any atom is -0.493 e. The van der Waals surface area contributed by atoms with Crippen molar-refractivity contribution in [3.63, 3.8) is 0 Å². The topological polar surface area (TPSA) is 36.3 Å². The second-order valence-electron chi connectivity index (χ2n) is 12.6. The van der Waals surface area contributed by atoms with Crippen molar-refractivity contribution in [3.05, 3.63) is 174 Å². The van der Waals surface area contributed by atoms with E-state index in [0.717, 1.165) is 51.4 Å². The molecule has 226 valence electrons. The van der Waals surface area contributed by atoms with Gasteiger partial charge in [0.1, 0.15) is 23.6 Å². The van der Waals surface area contributed by atoms with E-state index >= 15 is 0 Å². The van der Waals surface area contributed by atoms with Gasteiger partial charge in [-0.1, -0.05) is 142 Å². The van der Waals surface area contributed by atoms with E-state index in [2.05, 4.69) is 141 Å². The fraction of sp³-hybridized carbons (Fsp3) is 0.195. The Morgan fingerprint density at radius 1 is 0.622 bits per heavy atom. The summed E-state index contributed by atoms with van der Waals surface area (Å²) < 4.78 is 14.9. The molecule has 0 saturated carbocycles. The number of rotatable bonds is 11. The van der Waals surface area contributed by atoms with Crippen LogP contribution in [0.1, 0.15) is 49.4 Å². The Morgan fingerprint density at radius 3 is 1.69 bits per heavy atom. The van der Waals surface area contributed by atoms with Crippen molar-refractivity contribution in [1.29, 1.82) is 0 Å². The van der Waals surface area contributed by atoms with Gasteiger partial charge in [0.05, 0.1) is 18.6 Å². The highest BCUT2D eigenvalue weighted by Crippen LogP contribution is 2.42. The molecule has 0 atom stereocenters. The van der Waals surface area contributed by atoms with E-state index in [0.29, 0.717) is 13.2 Å². The lowest BCUT2D eigenvalue weighted by Crippen LogP contribution is -2.36. The molecular weight excluding hydrogens is 552 g/mol. The van der Waals surface area contributed by atoms with Gasteiger partial charge >= 0.3 is 0 Å². The molecule has 4 nitrogen and oxygen atoms in total. The molecule has 45 heavy (non-hydrogen) atoms. The molecule has 4 heteroatoms. The number of benzene rings is 5. The Hall–Kier alpha value is -5.09. The number of aromatic nitrogens is 2. The lowest BCUT2D eigenvalue weighted by atomic mass is 9.77. The minimum atomic E-state index is -0.649. The lowest BCUT2D eigenvalue weighted by molar-refractivity contribution is 0.243. The van der Waals surface area contributed by atoms with Crippen LogP contribution in [0.3, 0.4) is 0 Å². The van der Waals surface area contributed by atoms with Gasteiger partial charge in [0.2, 0.25) is 0 Å². The van der Waals surface area contributed by atoms with Gasteiger partial charge in [0, 0.05) is 11.8 Å². The fourth-order valence-corrected chi connectivity index (χ4v) is 5.76. The highest BCUT2D eigenvalue weighted by atomic mass is 16.5. The third kappa shape index (κ3) is 6.71. The van der Waals surface area contributed by atoms with E-state index in [9.17, 15) is 0 Å². The summed E-state index contributed by atoms with van der Waals surface area (Å²) in [4.78, 5) is 5.03. The predicted octanol–water partition coefficient (Wildman–Crippen LogP) is 9.78. The summed E-state index contributed by atoms with van der Waals surface area (Å²) in [6, 6.07) is 48.2. The van der Waals surface area contributed by atoms with Crippen LogP contribution in [0.2, 0.25) is 0 Å². The van der Waals surface area contributed by atoms with Gasteiger partial charge in [-0.05, 0) is 52.3 Å². The Labute approximate surface area is 267 Å². The maximum absolute atomic E-state index is 6.43. The molecule has 5 aromatic carbocycles. The SMILES string of the molecule is CC(C)(C)CCOc1ccc(OCc2ccccc2)cc1-c1cn(C(c2ccccc2)(c2ccccc2)c2ccccc2)cn1. The first-order chi connectivity index (χ1) is 21.9. The predicted molar refractivity (Wildman–Crippen MR) is 183 cm³/mol. The molecule has 0 aliphatic rings. The molecular formula is C41H40N2O2. The van der Waals surface area contributed by atoms with Crippen molar-refractivity contribution >= 4 is 0 Å². The van der Waals surface area contributed by atoms with E-state index in [1.54, 1.807) is 0 Å². The van der Waals surface area contributed by atoms with E-state index in [1.807, 2.05) is 36.7 Å². The van der Waals surface area contributed by atoms with Crippen molar-refractivity contribution in [2.24, 2.45) is 5.41 Å². The molecule has 0 fully saturated rings. The van der Waals surface area contributed by atoms with Gasteiger partial charge < -0.3 is 14.0 Å².